The molecule has 0 fully saturated rings. The molecule has 0 aliphatic heterocycles. The van der Waals surface area contributed by atoms with Gasteiger partial charge in [0.25, 0.3) is 0 Å². The van der Waals surface area contributed by atoms with Gasteiger partial charge in [0, 0.05) is 0 Å². The lowest BCUT2D eigenvalue weighted by atomic mass is 10.3. The molecule has 0 spiro atoms. The first-order chi connectivity index (χ1) is 5.49. The fourth-order valence-corrected chi connectivity index (χ4v) is 1.36. The maximum Gasteiger partial charge on any atom is 0.387 e. The van der Waals surface area contributed by atoms with E-state index < -0.39 is 10.3 Å². The van der Waals surface area contributed by atoms with E-state index in [0.29, 0.717) is 0 Å². The van der Waals surface area contributed by atoms with Crippen LogP contribution in [0.25, 0.3) is 0 Å². The molecule has 1 rings (SSSR count). The second kappa shape index (κ2) is 3.30. The van der Waals surface area contributed by atoms with Crippen LogP contribution in [0.5, 0.6) is 0 Å². The van der Waals surface area contributed by atoms with Crippen LogP contribution in [0.15, 0.2) is 24.3 Å². The SMILES string of the molecule is [O]S(=O)(=O)Nc1ccccc1Cl. The van der Waals surface area contributed by atoms with Gasteiger partial charge in [-0.25, -0.2) is 0 Å². The van der Waals surface area contributed by atoms with Crippen molar-refractivity contribution in [1.82, 2.24) is 0 Å². The summed E-state index contributed by atoms with van der Waals surface area (Å²) in [7, 11) is -4.48. The quantitative estimate of drug-likeness (QED) is 0.796. The van der Waals surface area contributed by atoms with Gasteiger partial charge in [-0.15, -0.1) is 0 Å². The van der Waals surface area contributed by atoms with Crippen molar-refractivity contribution in [3.63, 3.8) is 0 Å². The number of hydrogen-bond acceptors (Lipinski definition) is 2. The van der Waals surface area contributed by atoms with Crippen LogP contribution in [-0.4, -0.2) is 8.42 Å². The first kappa shape index (κ1) is 9.31. The van der Waals surface area contributed by atoms with Crippen molar-refractivity contribution in [3.05, 3.63) is 29.3 Å². The maximum atomic E-state index is 10.2. The van der Waals surface area contributed by atoms with E-state index in [4.69, 9.17) is 11.6 Å². The molecule has 1 N–H and O–H groups in total. The predicted molar refractivity (Wildman–Crippen MR) is 44.7 cm³/mol. The molecule has 0 bridgehead atoms. The van der Waals surface area contributed by atoms with E-state index in [0.717, 1.165) is 0 Å². The summed E-state index contributed by atoms with van der Waals surface area (Å²) < 4.78 is 32.4. The molecule has 6 heteroatoms. The highest BCUT2D eigenvalue weighted by molar-refractivity contribution is 7.86. The van der Waals surface area contributed by atoms with E-state index in [1.807, 2.05) is 0 Å². The third-order valence-electron chi connectivity index (χ3n) is 1.11. The van der Waals surface area contributed by atoms with Crippen LogP contribution in [0, 0.1) is 0 Å². The van der Waals surface area contributed by atoms with Gasteiger partial charge in [0.1, 0.15) is 0 Å². The maximum absolute atomic E-state index is 10.2. The minimum atomic E-state index is -4.48. The Morgan fingerprint density at radius 3 is 2.33 bits per heavy atom. The monoisotopic (exact) mass is 206 g/mol. The molecule has 12 heavy (non-hydrogen) atoms. The van der Waals surface area contributed by atoms with E-state index in [-0.39, 0.29) is 10.7 Å². The Kier molecular flexibility index (Phi) is 2.56. The van der Waals surface area contributed by atoms with Crippen molar-refractivity contribution >= 4 is 27.6 Å². The molecule has 0 atom stereocenters. The summed E-state index contributed by atoms with van der Waals surface area (Å²) in [6, 6.07) is 6.08. The van der Waals surface area contributed by atoms with E-state index >= 15 is 0 Å². The van der Waals surface area contributed by atoms with Crippen LogP contribution >= 0.6 is 11.6 Å². The topological polar surface area (TPSA) is 66.1 Å². The van der Waals surface area contributed by atoms with Crippen molar-refractivity contribution in [2.24, 2.45) is 0 Å². The molecule has 0 unspecified atom stereocenters. The largest absolute Gasteiger partial charge is 0.387 e. The zero-order valence-electron chi connectivity index (χ0n) is 5.82. The number of halogens is 1. The first-order valence-corrected chi connectivity index (χ1v) is 4.76. The number of benzene rings is 1. The lowest BCUT2D eigenvalue weighted by molar-refractivity contribution is 0.420. The molecule has 1 aromatic rings. The smallest absolute Gasteiger partial charge is 0.258 e. The zero-order valence-corrected chi connectivity index (χ0v) is 7.39. The van der Waals surface area contributed by atoms with Gasteiger partial charge in [0.15, 0.2) is 0 Å². The van der Waals surface area contributed by atoms with Gasteiger partial charge in [0.05, 0.1) is 10.7 Å². The van der Waals surface area contributed by atoms with Gasteiger partial charge < -0.3 is 0 Å². The van der Waals surface area contributed by atoms with Gasteiger partial charge in [-0.2, -0.15) is 8.42 Å². The number of nitrogens with one attached hydrogen (secondary N) is 1. The van der Waals surface area contributed by atoms with Crippen LogP contribution in [-0.2, 0) is 14.9 Å². The Morgan fingerprint density at radius 1 is 1.25 bits per heavy atom. The highest BCUT2D eigenvalue weighted by Crippen LogP contribution is 2.20. The summed E-state index contributed by atoms with van der Waals surface area (Å²) in [6.45, 7) is 0. The van der Waals surface area contributed by atoms with E-state index in [1.165, 1.54) is 12.1 Å². The summed E-state index contributed by atoms with van der Waals surface area (Å²) in [5.41, 5.74) is 0.0918. The normalized spacial score (nSPS) is 11.2. The Bertz CT molecular complexity index is 376. The second-order valence-electron chi connectivity index (χ2n) is 2.04. The molecule has 0 aliphatic carbocycles. The molecule has 0 amide bonds. The Morgan fingerprint density at radius 2 is 1.83 bits per heavy atom. The lowest BCUT2D eigenvalue weighted by Gasteiger charge is -2.01. The van der Waals surface area contributed by atoms with Crippen molar-refractivity contribution in [2.45, 2.75) is 0 Å². The van der Waals surface area contributed by atoms with Crippen LogP contribution in [0.3, 0.4) is 0 Å². The molecule has 0 aromatic heterocycles. The van der Waals surface area contributed by atoms with E-state index in [9.17, 15) is 13.0 Å². The highest BCUT2D eigenvalue weighted by atomic mass is 35.5. The predicted octanol–water partition coefficient (Wildman–Crippen LogP) is 1.43. The number of hydrogen-bond donors (Lipinski definition) is 1. The van der Waals surface area contributed by atoms with E-state index in [1.54, 1.807) is 16.9 Å². The second-order valence-corrected chi connectivity index (χ2v) is 3.56. The van der Waals surface area contributed by atoms with Crippen molar-refractivity contribution in [2.75, 3.05) is 4.72 Å². The summed E-state index contributed by atoms with van der Waals surface area (Å²) in [5.74, 6) is 0. The third kappa shape index (κ3) is 2.69. The minimum Gasteiger partial charge on any atom is -0.258 e. The van der Waals surface area contributed by atoms with Gasteiger partial charge in [-0.05, 0) is 12.1 Å². The Hall–Kier alpha value is -0.780. The third-order valence-corrected chi connectivity index (χ3v) is 1.91. The van der Waals surface area contributed by atoms with Crippen LogP contribution in [0.4, 0.5) is 5.69 Å². The summed E-state index contributed by atoms with van der Waals surface area (Å²) in [6.07, 6.45) is 0. The molecule has 0 heterocycles. The Labute approximate surface area is 75.0 Å². The minimum absolute atomic E-state index is 0.0918. The van der Waals surface area contributed by atoms with Crippen molar-refractivity contribution in [3.8, 4) is 0 Å². The zero-order chi connectivity index (χ0) is 9.19. The fourth-order valence-electron chi connectivity index (χ4n) is 0.679. The number of rotatable bonds is 2. The van der Waals surface area contributed by atoms with Gasteiger partial charge in [0.2, 0.25) is 0 Å². The van der Waals surface area contributed by atoms with Crippen molar-refractivity contribution in [1.29, 1.82) is 0 Å². The summed E-state index contributed by atoms with van der Waals surface area (Å²) in [5, 5.41) is 0.192. The average Bonchev–Trinajstić information content (AvgIpc) is 1.91. The fraction of sp³-hybridized carbons (Fsp3) is 0. The highest BCUT2D eigenvalue weighted by Gasteiger charge is 2.07. The molecule has 0 saturated heterocycles. The molecule has 65 valence electrons. The van der Waals surface area contributed by atoms with Crippen LogP contribution < -0.4 is 4.72 Å². The number of para-hydroxylation sites is 1. The average molecular weight is 207 g/mol. The molecular weight excluding hydrogens is 202 g/mol. The molecular formula is C6H5ClNO3S. The Balaban J connectivity index is 2.98. The van der Waals surface area contributed by atoms with Gasteiger partial charge in [-0.1, -0.05) is 28.3 Å². The molecule has 0 saturated carbocycles. The standard InChI is InChI=1S/C6H5ClNO3S/c7-5-3-1-2-4-6(5)8-12(9,10)11/h1-4,8H. The summed E-state index contributed by atoms with van der Waals surface area (Å²) in [4.78, 5) is 0. The molecule has 1 radical (unpaired) electrons. The van der Waals surface area contributed by atoms with Crippen molar-refractivity contribution < 1.29 is 13.0 Å². The molecule has 0 aliphatic rings. The van der Waals surface area contributed by atoms with Gasteiger partial charge in [-0.3, -0.25) is 4.72 Å². The first-order valence-electron chi connectivity index (χ1n) is 2.97. The van der Waals surface area contributed by atoms with Gasteiger partial charge >= 0.3 is 10.3 Å². The van der Waals surface area contributed by atoms with E-state index in [2.05, 4.69) is 0 Å². The molecule has 4 nitrogen and oxygen atoms in total. The van der Waals surface area contributed by atoms with Crippen LogP contribution in [0.2, 0.25) is 5.02 Å². The van der Waals surface area contributed by atoms with Crippen LogP contribution in [0.1, 0.15) is 0 Å². The lowest BCUT2D eigenvalue weighted by Crippen LogP contribution is -2.08. The molecule has 1 aromatic carbocycles. The summed E-state index contributed by atoms with van der Waals surface area (Å²) >= 11 is 5.56. The number of anilines is 1.